The molecule has 0 aliphatic heterocycles. The van der Waals surface area contributed by atoms with E-state index in [4.69, 9.17) is 0 Å². The summed E-state index contributed by atoms with van der Waals surface area (Å²) in [5, 5.41) is 13.7. The second-order valence-corrected chi connectivity index (χ2v) is 7.26. The molecule has 2 atom stereocenters. The molecule has 0 amide bonds. The lowest BCUT2D eigenvalue weighted by Gasteiger charge is -2.26. The maximum Gasteiger partial charge on any atom is 0.205 e. The monoisotopic (exact) mass is 285 g/mol. The molecule has 0 saturated heterocycles. The van der Waals surface area contributed by atoms with E-state index in [-0.39, 0.29) is 0 Å². The van der Waals surface area contributed by atoms with Gasteiger partial charge in [0.05, 0.1) is 0 Å². The summed E-state index contributed by atoms with van der Waals surface area (Å²) in [5.41, 5.74) is 3.65. The number of hydrogen-bond acceptors (Lipinski definition) is 4. The molecule has 0 radical (unpaired) electrons. The fourth-order valence-electron chi connectivity index (χ4n) is 3.82. The minimum atomic E-state index is 0.460. The Kier molecular flexibility index (Phi) is 2.81. The number of fused-ring (bicyclic) bond motifs is 2. The second kappa shape index (κ2) is 4.55. The predicted molar refractivity (Wildman–Crippen MR) is 82.3 cm³/mol. The molecule has 3 nitrogen and oxygen atoms in total. The van der Waals surface area contributed by atoms with Gasteiger partial charge in [0.2, 0.25) is 5.13 Å². The van der Waals surface area contributed by atoms with Crippen molar-refractivity contribution in [3.63, 3.8) is 0 Å². The minimum absolute atomic E-state index is 0.460. The van der Waals surface area contributed by atoms with Gasteiger partial charge in [-0.15, -0.1) is 10.2 Å². The first kappa shape index (κ1) is 12.3. The summed E-state index contributed by atoms with van der Waals surface area (Å²) in [6.45, 7) is 3.03. The van der Waals surface area contributed by atoms with Crippen LogP contribution in [-0.2, 0) is 11.8 Å². The Morgan fingerprint density at radius 2 is 2.25 bits per heavy atom. The molecule has 2 aliphatic rings. The van der Waals surface area contributed by atoms with Crippen molar-refractivity contribution in [3.8, 4) is 0 Å². The highest BCUT2D eigenvalue weighted by Gasteiger charge is 2.55. The molecule has 1 aromatic heterocycles. The number of benzene rings is 1. The molecular weight excluding hydrogens is 266 g/mol. The zero-order valence-electron chi connectivity index (χ0n) is 11.7. The molecule has 4 heteroatoms. The van der Waals surface area contributed by atoms with Crippen molar-refractivity contribution in [1.29, 1.82) is 0 Å². The normalized spacial score (nSPS) is 27.4. The number of nitrogens with zero attached hydrogens (tertiary/aromatic N) is 2. The van der Waals surface area contributed by atoms with Gasteiger partial charge in [-0.1, -0.05) is 35.6 Å². The Bertz CT molecular complexity index is 636. The fourth-order valence-corrected chi connectivity index (χ4v) is 4.41. The van der Waals surface area contributed by atoms with E-state index in [0.717, 1.165) is 22.6 Å². The topological polar surface area (TPSA) is 37.8 Å². The third-order valence-electron chi connectivity index (χ3n) is 4.88. The number of aryl methyl sites for hydroxylation is 2. The van der Waals surface area contributed by atoms with Gasteiger partial charge in [-0.3, -0.25) is 0 Å². The SMILES string of the molecule is Cc1nnc(NCC2CC23CCCc2ccccc23)s1. The third-order valence-corrected chi connectivity index (χ3v) is 5.68. The Morgan fingerprint density at radius 3 is 3.10 bits per heavy atom. The minimum Gasteiger partial charge on any atom is -0.360 e. The Morgan fingerprint density at radius 1 is 1.35 bits per heavy atom. The average molecular weight is 285 g/mol. The molecule has 0 bridgehead atoms. The van der Waals surface area contributed by atoms with Gasteiger partial charge in [-0.25, -0.2) is 0 Å². The van der Waals surface area contributed by atoms with Crippen LogP contribution in [0.2, 0.25) is 0 Å². The molecule has 1 heterocycles. The maximum absolute atomic E-state index is 4.15. The molecule has 2 unspecified atom stereocenters. The van der Waals surface area contributed by atoms with Crippen LogP contribution in [0.1, 0.15) is 35.4 Å². The second-order valence-electron chi connectivity index (χ2n) is 6.08. The predicted octanol–water partition coefficient (Wildman–Crippen LogP) is 3.55. The van der Waals surface area contributed by atoms with Crippen LogP contribution < -0.4 is 5.32 Å². The van der Waals surface area contributed by atoms with E-state index in [2.05, 4.69) is 39.8 Å². The summed E-state index contributed by atoms with van der Waals surface area (Å²) >= 11 is 1.64. The number of aromatic nitrogens is 2. The largest absolute Gasteiger partial charge is 0.360 e. The summed E-state index contributed by atoms with van der Waals surface area (Å²) in [6.07, 6.45) is 5.28. The van der Waals surface area contributed by atoms with Crippen LogP contribution in [0, 0.1) is 12.8 Å². The van der Waals surface area contributed by atoms with E-state index < -0.39 is 0 Å². The van der Waals surface area contributed by atoms with Crippen molar-refractivity contribution in [2.45, 2.75) is 38.0 Å². The van der Waals surface area contributed by atoms with Gasteiger partial charge in [0.1, 0.15) is 5.01 Å². The van der Waals surface area contributed by atoms with E-state index in [9.17, 15) is 0 Å². The number of hydrogen-bond donors (Lipinski definition) is 1. The standard InChI is InChI=1S/C16H19N3S/c1-11-18-19-15(20-11)17-10-13-9-16(13)8-4-6-12-5-2-3-7-14(12)16/h2-3,5,7,13H,4,6,8-10H2,1H3,(H,17,19). The highest BCUT2D eigenvalue weighted by Crippen LogP contribution is 2.60. The fraction of sp³-hybridized carbons (Fsp3) is 0.500. The van der Waals surface area contributed by atoms with Crippen LogP contribution in [-0.4, -0.2) is 16.7 Å². The number of nitrogens with one attached hydrogen (secondary N) is 1. The van der Waals surface area contributed by atoms with E-state index in [1.165, 1.54) is 25.7 Å². The van der Waals surface area contributed by atoms with Gasteiger partial charge >= 0.3 is 0 Å². The molecule has 2 aliphatic carbocycles. The molecule has 1 spiro atoms. The lowest BCUT2D eigenvalue weighted by molar-refractivity contribution is 0.503. The van der Waals surface area contributed by atoms with E-state index in [0.29, 0.717) is 5.41 Å². The molecule has 20 heavy (non-hydrogen) atoms. The lowest BCUT2D eigenvalue weighted by Crippen LogP contribution is -2.21. The summed E-state index contributed by atoms with van der Waals surface area (Å²) in [5.74, 6) is 0.758. The lowest BCUT2D eigenvalue weighted by atomic mass is 9.79. The van der Waals surface area contributed by atoms with Gasteiger partial charge in [0.15, 0.2) is 0 Å². The first-order valence-electron chi connectivity index (χ1n) is 7.40. The van der Waals surface area contributed by atoms with Crippen LogP contribution in [0.5, 0.6) is 0 Å². The smallest absolute Gasteiger partial charge is 0.205 e. The first-order chi connectivity index (χ1) is 9.78. The number of rotatable bonds is 3. The maximum atomic E-state index is 4.15. The van der Waals surface area contributed by atoms with Crippen LogP contribution in [0.15, 0.2) is 24.3 Å². The van der Waals surface area contributed by atoms with Gasteiger partial charge in [-0.05, 0) is 49.7 Å². The van der Waals surface area contributed by atoms with Crippen LogP contribution in [0.25, 0.3) is 0 Å². The summed E-state index contributed by atoms with van der Waals surface area (Å²) in [6, 6.07) is 9.04. The molecular formula is C16H19N3S. The van der Waals surface area contributed by atoms with Gasteiger partial charge < -0.3 is 5.32 Å². The molecule has 1 saturated carbocycles. The van der Waals surface area contributed by atoms with E-state index in [1.54, 1.807) is 22.5 Å². The molecule has 1 N–H and O–H groups in total. The van der Waals surface area contributed by atoms with E-state index in [1.807, 2.05) is 6.92 Å². The first-order valence-corrected chi connectivity index (χ1v) is 8.22. The Hall–Kier alpha value is -1.42. The quantitative estimate of drug-likeness (QED) is 0.937. The Labute approximate surface area is 123 Å². The molecule has 2 aromatic rings. The van der Waals surface area contributed by atoms with Gasteiger partial charge in [0.25, 0.3) is 0 Å². The summed E-state index contributed by atoms with van der Waals surface area (Å²) < 4.78 is 0. The van der Waals surface area contributed by atoms with Gasteiger partial charge in [-0.2, -0.15) is 0 Å². The van der Waals surface area contributed by atoms with Crippen molar-refractivity contribution >= 4 is 16.5 Å². The molecule has 104 valence electrons. The molecule has 1 fully saturated rings. The zero-order chi connectivity index (χ0) is 13.6. The third kappa shape index (κ3) is 1.94. The van der Waals surface area contributed by atoms with Crippen molar-refractivity contribution in [2.75, 3.05) is 11.9 Å². The van der Waals surface area contributed by atoms with Crippen LogP contribution in [0.4, 0.5) is 5.13 Å². The number of anilines is 1. The summed E-state index contributed by atoms with van der Waals surface area (Å²) in [4.78, 5) is 0. The van der Waals surface area contributed by atoms with Crippen LogP contribution in [0.3, 0.4) is 0 Å². The van der Waals surface area contributed by atoms with Gasteiger partial charge in [0, 0.05) is 12.0 Å². The van der Waals surface area contributed by atoms with E-state index >= 15 is 0 Å². The highest BCUT2D eigenvalue weighted by molar-refractivity contribution is 7.15. The summed E-state index contributed by atoms with van der Waals surface area (Å²) in [7, 11) is 0. The van der Waals surface area contributed by atoms with Crippen molar-refractivity contribution < 1.29 is 0 Å². The highest BCUT2D eigenvalue weighted by atomic mass is 32.1. The van der Waals surface area contributed by atoms with Crippen molar-refractivity contribution in [2.24, 2.45) is 5.92 Å². The zero-order valence-corrected chi connectivity index (χ0v) is 12.5. The Balaban J connectivity index is 1.49. The van der Waals surface area contributed by atoms with Crippen LogP contribution >= 0.6 is 11.3 Å². The van der Waals surface area contributed by atoms with Crippen molar-refractivity contribution in [3.05, 3.63) is 40.4 Å². The van der Waals surface area contributed by atoms with Crippen molar-refractivity contribution in [1.82, 2.24) is 10.2 Å². The molecule has 4 rings (SSSR count). The average Bonchev–Trinajstić information content (AvgIpc) is 2.99. The molecule has 1 aromatic carbocycles.